The first-order valence-electron chi connectivity index (χ1n) is 8.26. The van der Waals surface area contributed by atoms with Crippen LogP contribution >= 0.6 is 11.6 Å². The van der Waals surface area contributed by atoms with E-state index < -0.39 is 9.84 Å². The number of hydrogen-bond donors (Lipinski definition) is 2. The van der Waals surface area contributed by atoms with Crippen molar-refractivity contribution in [1.82, 2.24) is 10.2 Å². The van der Waals surface area contributed by atoms with E-state index >= 15 is 0 Å². The van der Waals surface area contributed by atoms with E-state index in [0.717, 1.165) is 13.1 Å². The number of rotatable bonds is 3. The van der Waals surface area contributed by atoms with Crippen molar-refractivity contribution in [3.05, 3.63) is 53.1 Å². The number of amides is 2. The van der Waals surface area contributed by atoms with Crippen LogP contribution in [0.5, 0.6) is 0 Å². The molecule has 0 bridgehead atoms. The van der Waals surface area contributed by atoms with Gasteiger partial charge in [0.25, 0.3) is 0 Å². The average Bonchev–Trinajstić information content (AvgIpc) is 2.62. The fourth-order valence-electron chi connectivity index (χ4n) is 2.84. The van der Waals surface area contributed by atoms with Crippen LogP contribution in [-0.4, -0.2) is 45.5 Å². The third-order valence-electron chi connectivity index (χ3n) is 4.24. The molecule has 1 heterocycles. The number of hydrogen-bond acceptors (Lipinski definition) is 4. The molecule has 6 nitrogen and oxygen atoms in total. The highest BCUT2D eigenvalue weighted by molar-refractivity contribution is 7.91. The third-order valence-corrected chi connectivity index (χ3v) is 6.43. The second-order valence-electron chi connectivity index (χ2n) is 6.10. The predicted octanol–water partition coefficient (Wildman–Crippen LogP) is 2.92. The zero-order valence-electron chi connectivity index (χ0n) is 14.3. The number of anilines is 1. The third kappa shape index (κ3) is 4.00. The zero-order valence-corrected chi connectivity index (χ0v) is 15.9. The van der Waals surface area contributed by atoms with Crippen LogP contribution in [0.15, 0.2) is 52.3 Å². The van der Waals surface area contributed by atoms with Crippen LogP contribution < -0.4 is 10.6 Å². The molecule has 0 saturated carbocycles. The monoisotopic (exact) mass is 393 g/mol. The number of nitrogens with one attached hydrogen (secondary N) is 2. The highest BCUT2D eigenvalue weighted by atomic mass is 35.5. The maximum Gasteiger partial charge on any atom is 0.321 e. The van der Waals surface area contributed by atoms with E-state index in [1.807, 2.05) is 0 Å². The fraction of sp³-hybridized carbons (Fsp3) is 0.278. The Balaban J connectivity index is 1.81. The predicted molar refractivity (Wildman–Crippen MR) is 102 cm³/mol. The number of sulfone groups is 1. The molecule has 0 radical (unpaired) electrons. The van der Waals surface area contributed by atoms with Crippen molar-refractivity contribution in [2.24, 2.45) is 0 Å². The Morgan fingerprint density at radius 2 is 1.77 bits per heavy atom. The van der Waals surface area contributed by atoms with Crippen molar-refractivity contribution < 1.29 is 13.2 Å². The average molecular weight is 394 g/mol. The zero-order chi connectivity index (χ0) is 18.7. The van der Waals surface area contributed by atoms with Gasteiger partial charge in [-0.3, -0.25) is 0 Å². The van der Waals surface area contributed by atoms with Gasteiger partial charge in [-0.2, -0.15) is 0 Å². The summed E-state index contributed by atoms with van der Waals surface area (Å²) in [5.74, 6) is 0. The SMILES string of the molecule is Cc1cc(NC(=O)N2CCNCC2)ccc1S(=O)(=O)c1ccc(Cl)cc1. The van der Waals surface area contributed by atoms with Crippen molar-refractivity contribution in [2.45, 2.75) is 16.7 Å². The largest absolute Gasteiger partial charge is 0.322 e. The Hall–Kier alpha value is -2.09. The molecule has 3 rings (SSSR count). The molecule has 2 amide bonds. The number of aryl methyl sites for hydroxylation is 1. The summed E-state index contributed by atoms with van der Waals surface area (Å²) in [6.07, 6.45) is 0. The molecule has 1 aliphatic heterocycles. The van der Waals surface area contributed by atoms with E-state index in [-0.39, 0.29) is 15.8 Å². The maximum atomic E-state index is 12.8. The summed E-state index contributed by atoms with van der Waals surface area (Å²) < 4.78 is 25.6. The van der Waals surface area contributed by atoms with E-state index in [2.05, 4.69) is 10.6 Å². The van der Waals surface area contributed by atoms with Gasteiger partial charge in [0.1, 0.15) is 0 Å². The summed E-state index contributed by atoms with van der Waals surface area (Å²) in [5, 5.41) is 6.49. The summed E-state index contributed by atoms with van der Waals surface area (Å²) in [7, 11) is -3.64. The molecule has 0 atom stereocenters. The quantitative estimate of drug-likeness (QED) is 0.840. The molecular formula is C18H20ClN3O3S. The van der Waals surface area contributed by atoms with Crippen molar-refractivity contribution in [1.29, 1.82) is 0 Å². The topological polar surface area (TPSA) is 78.5 Å². The summed E-state index contributed by atoms with van der Waals surface area (Å²) in [5.41, 5.74) is 1.14. The van der Waals surface area contributed by atoms with Gasteiger partial charge in [0.15, 0.2) is 0 Å². The smallest absolute Gasteiger partial charge is 0.321 e. The Morgan fingerprint density at radius 3 is 2.38 bits per heavy atom. The summed E-state index contributed by atoms with van der Waals surface area (Å²) in [4.78, 5) is 14.4. The number of benzene rings is 2. The van der Waals surface area contributed by atoms with Crippen LogP contribution in [0, 0.1) is 6.92 Å². The molecule has 2 aromatic carbocycles. The minimum absolute atomic E-state index is 0.181. The van der Waals surface area contributed by atoms with Gasteiger partial charge in [0.05, 0.1) is 9.79 Å². The van der Waals surface area contributed by atoms with Crippen molar-refractivity contribution in [3.8, 4) is 0 Å². The lowest BCUT2D eigenvalue weighted by Gasteiger charge is -2.27. The second-order valence-corrected chi connectivity index (χ2v) is 8.46. The number of carbonyl (C=O) groups excluding carboxylic acids is 1. The van der Waals surface area contributed by atoms with Crippen LogP contribution in [0.2, 0.25) is 5.02 Å². The van der Waals surface area contributed by atoms with Crippen molar-refractivity contribution in [2.75, 3.05) is 31.5 Å². The number of urea groups is 1. The van der Waals surface area contributed by atoms with E-state index in [1.54, 1.807) is 36.1 Å². The normalized spacial score (nSPS) is 14.9. The van der Waals surface area contributed by atoms with Crippen LogP contribution in [0.3, 0.4) is 0 Å². The molecule has 2 N–H and O–H groups in total. The molecule has 8 heteroatoms. The first-order valence-corrected chi connectivity index (χ1v) is 10.1. The van der Waals surface area contributed by atoms with Gasteiger partial charge in [0.2, 0.25) is 9.84 Å². The lowest BCUT2D eigenvalue weighted by atomic mass is 10.2. The molecule has 26 heavy (non-hydrogen) atoms. The lowest BCUT2D eigenvalue weighted by Crippen LogP contribution is -2.48. The fourth-order valence-corrected chi connectivity index (χ4v) is 4.44. The molecule has 1 fully saturated rings. The Morgan fingerprint density at radius 1 is 1.12 bits per heavy atom. The number of piperazine rings is 1. The van der Waals surface area contributed by atoms with Crippen molar-refractivity contribution >= 4 is 33.2 Å². The summed E-state index contributed by atoms with van der Waals surface area (Å²) in [6.45, 7) is 4.54. The highest BCUT2D eigenvalue weighted by Gasteiger charge is 2.21. The molecule has 0 aromatic heterocycles. The van der Waals surface area contributed by atoms with Crippen LogP contribution in [0.1, 0.15) is 5.56 Å². The Kier molecular flexibility index (Phi) is 5.50. The van der Waals surface area contributed by atoms with E-state index in [4.69, 9.17) is 11.6 Å². The molecule has 1 aliphatic rings. The first kappa shape index (κ1) is 18.7. The minimum atomic E-state index is -3.64. The van der Waals surface area contributed by atoms with Gasteiger partial charge in [-0.25, -0.2) is 13.2 Å². The second kappa shape index (κ2) is 7.65. The molecule has 0 spiro atoms. The van der Waals surface area contributed by atoms with E-state index in [0.29, 0.717) is 29.4 Å². The van der Waals surface area contributed by atoms with Gasteiger partial charge in [-0.15, -0.1) is 0 Å². The summed E-state index contributed by atoms with van der Waals surface area (Å²) in [6, 6.07) is 10.7. The van der Waals surface area contributed by atoms with Gasteiger partial charge in [-0.1, -0.05) is 11.6 Å². The van der Waals surface area contributed by atoms with Gasteiger partial charge < -0.3 is 15.5 Å². The molecule has 2 aromatic rings. The van der Waals surface area contributed by atoms with Gasteiger partial charge >= 0.3 is 6.03 Å². The van der Waals surface area contributed by atoms with Crippen LogP contribution in [-0.2, 0) is 9.84 Å². The van der Waals surface area contributed by atoms with Crippen LogP contribution in [0.4, 0.5) is 10.5 Å². The Labute approximate surface area is 158 Å². The molecule has 0 unspecified atom stereocenters. The Bertz CT molecular complexity index is 908. The summed E-state index contributed by atoms with van der Waals surface area (Å²) >= 11 is 5.83. The van der Waals surface area contributed by atoms with Crippen molar-refractivity contribution in [3.63, 3.8) is 0 Å². The van der Waals surface area contributed by atoms with E-state index in [1.165, 1.54) is 18.2 Å². The standard InChI is InChI=1S/C18H20ClN3O3S/c1-13-12-15(21-18(23)22-10-8-20-9-11-22)4-7-17(13)26(24,25)16-5-2-14(19)3-6-16/h2-7,12,20H,8-11H2,1H3,(H,21,23). The van der Waals surface area contributed by atoms with E-state index in [9.17, 15) is 13.2 Å². The van der Waals surface area contributed by atoms with Gasteiger partial charge in [-0.05, 0) is 55.0 Å². The lowest BCUT2D eigenvalue weighted by molar-refractivity contribution is 0.204. The number of halogens is 1. The maximum absolute atomic E-state index is 12.8. The molecule has 0 aliphatic carbocycles. The number of nitrogens with zero attached hydrogens (tertiary/aromatic N) is 1. The molecule has 1 saturated heterocycles. The first-order chi connectivity index (χ1) is 12.4. The van der Waals surface area contributed by atoms with Crippen LogP contribution in [0.25, 0.3) is 0 Å². The highest BCUT2D eigenvalue weighted by Crippen LogP contribution is 2.27. The molecular weight excluding hydrogens is 374 g/mol. The number of carbonyl (C=O) groups is 1. The minimum Gasteiger partial charge on any atom is -0.322 e. The molecule has 138 valence electrons. The van der Waals surface area contributed by atoms with Gasteiger partial charge in [0, 0.05) is 36.9 Å².